The summed E-state index contributed by atoms with van der Waals surface area (Å²) in [4.78, 5) is 21.2. The molecular formula is C20H29N5O2. The maximum absolute atomic E-state index is 12.3. The number of hydrogen-bond donors (Lipinski definition) is 2. The molecule has 1 amide bonds. The minimum absolute atomic E-state index is 0.0166. The first-order chi connectivity index (χ1) is 12.7. The molecule has 2 aromatic rings. The standard InChI is InChI=1S/C20H29N5O2/c1-13-22-19(25(24-13)15-6-5-9-21-12-15)14-7-8-17(26)16(10-14)23-18(27)11-20(2,3)4/h5-6,9,12,14,16-17,26H,7-8,10-11H2,1-4H3,(H,23,27)/t14-,16+,17+/m0/s1. The second-order valence-electron chi connectivity index (χ2n) is 8.63. The second kappa shape index (κ2) is 7.76. The number of nitrogens with one attached hydrogen (secondary N) is 1. The lowest BCUT2D eigenvalue weighted by molar-refractivity contribution is -0.124. The minimum Gasteiger partial charge on any atom is -0.391 e. The van der Waals surface area contributed by atoms with Crippen molar-refractivity contribution >= 4 is 5.91 Å². The first-order valence-electron chi connectivity index (χ1n) is 9.54. The third kappa shape index (κ3) is 4.91. The summed E-state index contributed by atoms with van der Waals surface area (Å²) in [5.41, 5.74) is 0.785. The normalized spacial score (nSPS) is 23.2. The summed E-state index contributed by atoms with van der Waals surface area (Å²) in [5.74, 6) is 1.67. The van der Waals surface area contributed by atoms with Gasteiger partial charge in [0.1, 0.15) is 11.6 Å². The molecule has 7 nitrogen and oxygen atoms in total. The lowest BCUT2D eigenvalue weighted by Gasteiger charge is -2.34. The Hall–Kier alpha value is -2.28. The number of aliphatic hydroxyl groups is 1. The van der Waals surface area contributed by atoms with E-state index in [4.69, 9.17) is 0 Å². The van der Waals surface area contributed by atoms with Crippen molar-refractivity contribution in [3.8, 4) is 5.69 Å². The van der Waals surface area contributed by atoms with Gasteiger partial charge in [0.2, 0.25) is 5.91 Å². The number of carbonyl (C=O) groups excluding carboxylic acids is 1. The number of rotatable bonds is 4. The summed E-state index contributed by atoms with van der Waals surface area (Å²) in [6.07, 6.45) is 5.49. The first kappa shape index (κ1) is 19.5. The van der Waals surface area contributed by atoms with Gasteiger partial charge in [0.05, 0.1) is 24.0 Å². The fraction of sp³-hybridized carbons (Fsp3) is 0.600. The molecule has 146 valence electrons. The summed E-state index contributed by atoms with van der Waals surface area (Å²) in [5, 5.41) is 18.0. The van der Waals surface area contributed by atoms with Crippen molar-refractivity contribution in [1.82, 2.24) is 25.1 Å². The Morgan fingerprint density at radius 3 is 2.81 bits per heavy atom. The van der Waals surface area contributed by atoms with Gasteiger partial charge in [0, 0.05) is 18.5 Å². The van der Waals surface area contributed by atoms with E-state index in [0.717, 1.165) is 17.9 Å². The molecule has 0 radical (unpaired) electrons. The van der Waals surface area contributed by atoms with E-state index >= 15 is 0 Å². The van der Waals surface area contributed by atoms with E-state index < -0.39 is 6.10 Å². The number of aromatic nitrogens is 4. The molecule has 0 bridgehead atoms. The second-order valence-corrected chi connectivity index (χ2v) is 8.63. The molecular weight excluding hydrogens is 342 g/mol. The highest BCUT2D eigenvalue weighted by molar-refractivity contribution is 5.77. The van der Waals surface area contributed by atoms with Gasteiger partial charge in [0.25, 0.3) is 0 Å². The van der Waals surface area contributed by atoms with Gasteiger partial charge < -0.3 is 10.4 Å². The summed E-state index contributed by atoms with van der Waals surface area (Å²) in [6.45, 7) is 7.97. The maximum atomic E-state index is 12.3. The van der Waals surface area contributed by atoms with Crippen LogP contribution in [0.1, 0.15) is 64.0 Å². The number of pyridine rings is 1. The van der Waals surface area contributed by atoms with Crippen LogP contribution >= 0.6 is 0 Å². The topological polar surface area (TPSA) is 92.9 Å². The van der Waals surface area contributed by atoms with Gasteiger partial charge in [0.15, 0.2) is 0 Å². The van der Waals surface area contributed by atoms with Crippen molar-refractivity contribution in [1.29, 1.82) is 0 Å². The van der Waals surface area contributed by atoms with E-state index in [1.165, 1.54) is 0 Å². The molecule has 0 spiro atoms. The van der Waals surface area contributed by atoms with Crippen molar-refractivity contribution < 1.29 is 9.90 Å². The van der Waals surface area contributed by atoms with Gasteiger partial charge in [-0.2, -0.15) is 5.10 Å². The zero-order chi connectivity index (χ0) is 19.6. The van der Waals surface area contributed by atoms with E-state index in [9.17, 15) is 9.90 Å². The quantitative estimate of drug-likeness (QED) is 0.861. The molecule has 7 heteroatoms. The lowest BCUT2D eigenvalue weighted by atomic mass is 9.82. The van der Waals surface area contributed by atoms with Crippen LogP contribution in [0.15, 0.2) is 24.5 Å². The monoisotopic (exact) mass is 371 g/mol. The summed E-state index contributed by atoms with van der Waals surface area (Å²) >= 11 is 0. The van der Waals surface area contributed by atoms with Crippen LogP contribution in [0.2, 0.25) is 0 Å². The minimum atomic E-state index is -0.527. The van der Waals surface area contributed by atoms with Gasteiger partial charge in [-0.15, -0.1) is 0 Å². The molecule has 1 saturated carbocycles. The summed E-state index contributed by atoms with van der Waals surface area (Å²) in [6, 6.07) is 3.55. The van der Waals surface area contributed by atoms with E-state index in [1.807, 2.05) is 44.5 Å². The molecule has 27 heavy (non-hydrogen) atoms. The predicted molar refractivity (Wildman–Crippen MR) is 102 cm³/mol. The molecule has 2 aromatic heterocycles. The smallest absolute Gasteiger partial charge is 0.220 e. The first-order valence-corrected chi connectivity index (χ1v) is 9.54. The Kier molecular flexibility index (Phi) is 5.60. The van der Waals surface area contributed by atoms with Crippen molar-refractivity contribution in [2.24, 2.45) is 5.41 Å². The highest BCUT2D eigenvalue weighted by atomic mass is 16.3. The van der Waals surface area contributed by atoms with Crippen LogP contribution in [0.4, 0.5) is 0 Å². The van der Waals surface area contributed by atoms with Crippen LogP contribution in [-0.2, 0) is 4.79 Å². The highest BCUT2D eigenvalue weighted by Crippen LogP contribution is 2.33. The van der Waals surface area contributed by atoms with Crippen LogP contribution in [0.5, 0.6) is 0 Å². The molecule has 1 aliphatic carbocycles. The molecule has 1 aliphatic rings. The Balaban J connectivity index is 1.78. The number of amides is 1. The number of aryl methyl sites for hydroxylation is 1. The number of nitrogens with zero attached hydrogens (tertiary/aromatic N) is 4. The SMILES string of the molecule is Cc1nc([C@H]2CC[C@@H](O)[C@H](NC(=O)CC(C)(C)C)C2)n(-c2cccnc2)n1. The van der Waals surface area contributed by atoms with E-state index in [0.29, 0.717) is 25.1 Å². The number of carbonyl (C=O) groups is 1. The van der Waals surface area contributed by atoms with E-state index in [2.05, 4.69) is 20.4 Å². The van der Waals surface area contributed by atoms with Crippen molar-refractivity contribution in [3.63, 3.8) is 0 Å². The Labute approximate surface area is 160 Å². The Bertz CT molecular complexity index is 781. The van der Waals surface area contributed by atoms with E-state index in [-0.39, 0.29) is 23.3 Å². The fourth-order valence-corrected chi connectivity index (χ4v) is 3.65. The molecule has 0 unspecified atom stereocenters. The van der Waals surface area contributed by atoms with Crippen LogP contribution in [0.3, 0.4) is 0 Å². The third-order valence-corrected chi connectivity index (χ3v) is 4.84. The summed E-state index contributed by atoms with van der Waals surface area (Å²) in [7, 11) is 0. The Morgan fingerprint density at radius 1 is 1.37 bits per heavy atom. The molecule has 2 heterocycles. The average Bonchev–Trinajstić information content (AvgIpc) is 2.98. The molecule has 1 fully saturated rings. The molecule has 2 N–H and O–H groups in total. The lowest BCUT2D eigenvalue weighted by Crippen LogP contribution is -2.47. The molecule has 0 aromatic carbocycles. The van der Waals surface area contributed by atoms with Gasteiger partial charge in [-0.05, 0) is 43.7 Å². The zero-order valence-electron chi connectivity index (χ0n) is 16.5. The maximum Gasteiger partial charge on any atom is 0.220 e. The van der Waals surface area contributed by atoms with Crippen LogP contribution in [0.25, 0.3) is 5.69 Å². The molecule has 0 saturated heterocycles. The Morgan fingerprint density at radius 2 is 2.15 bits per heavy atom. The molecule has 0 aliphatic heterocycles. The van der Waals surface area contributed by atoms with Gasteiger partial charge >= 0.3 is 0 Å². The van der Waals surface area contributed by atoms with Gasteiger partial charge in [-0.3, -0.25) is 9.78 Å². The highest BCUT2D eigenvalue weighted by Gasteiger charge is 2.34. The molecule has 3 rings (SSSR count). The zero-order valence-corrected chi connectivity index (χ0v) is 16.5. The predicted octanol–water partition coefficient (Wildman–Crippen LogP) is 2.52. The van der Waals surface area contributed by atoms with Gasteiger partial charge in [-0.1, -0.05) is 20.8 Å². The van der Waals surface area contributed by atoms with Crippen molar-refractivity contribution in [3.05, 3.63) is 36.2 Å². The largest absolute Gasteiger partial charge is 0.391 e. The average molecular weight is 371 g/mol. The van der Waals surface area contributed by atoms with E-state index in [1.54, 1.807) is 12.4 Å². The third-order valence-electron chi connectivity index (χ3n) is 4.84. The van der Waals surface area contributed by atoms with Gasteiger partial charge in [-0.25, -0.2) is 9.67 Å². The fourth-order valence-electron chi connectivity index (χ4n) is 3.65. The van der Waals surface area contributed by atoms with Crippen LogP contribution < -0.4 is 5.32 Å². The summed E-state index contributed by atoms with van der Waals surface area (Å²) < 4.78 is 1.83. The number of hydrogen-bond acceptors (Lipinski definition) is 5. The number of aliphatic hydroxyl groups excluding tert-OH is 1. The van der Waals surface area contributed by atoms with Crippen LogP contribution in [-0.4, -0.2) is 42.9 Å². The van der Waals surface area contributed by atoms with Crippen molar-refractivity contribution in [2.45, 2.75) is 71.4 Å². The van der Waals surface area contributed by atoms with Crippen molar-refractivity contribution in [2.75, 3.05) is 0 Å². The van der Waals surface area contributed by atoms with Crippen LogP contribution in [0, 0.1) is 12.3 Å². The molecule has 3 atom stereocenters.